The van der Waals surface area contributed by atoms with E-state index in [0.29, 0.717) is 23.0 Å². The van der Waals surface area contributed by atoms with Gasteiger partial charge < -0.3 is 19.6 Å². The van der Waals surface area contributed by atoms with Gasteiger partial charge >= 0.3 is 5.97 Å². The van der Waals surface area contributed by atoms with Crippen molar-refractivity contribution < 1.29 is 14.3 Å². The third-order valence-electron chi connectivity index (χ3n) is 4.89. The number of anilines is 1. The number of amides is 1. The van der Waals surface area contributed by atoms with E-state index in [0.717, 1.165) is 22.3 Å². The number of hydrogen-bond acceptors (Lipinski definition) is 6. The van der Waals surface area contributed by atoms with Crippen LogP contribution in [-0.4, -0.2) is 44.0 Å². The number of aromatic nitrogens is 4. The molecule has 0 saturated heterocycles. The van der Waals surface area contributed by atoms with Crippen LogP contribution in [0.5, 0.6) is 0 Å². The number of hydrogen-bond donors (Lipinski definition) is 2. The molecule has 2 N–H and O–H groups in total. The lowest BCUT2D eigenvalue weighted by Gasteiger charge is -2.10. The van der Waals surface area contributed by atoms with Gasteiger partial charge in [-0.25, -0.2) is 4.79 Å². The average Bonchev–Trinajstić information content (AvgIpc) is 3.41. The van der Waals surface area contributed by atoms with Gasteiger partial charge in [0.2, 0.25) is 5.91 Å². The minimum atomic E-state index is -0.467. The molecule has 0 aliphatic rings. The number of aromatic amines is 1. The summed E-state index contributed by atoms with van der Waals surface area (Å²) in [6, 6.07) is 14.8. The molecular weight excluding hydrogens is 426 g/mol. The average molecular weight is 450 g/mol. The van der Waals surface area contributed by atoms with Crippen molar-refractivity contribution in [3.63, 3.8) is 0 Å². The fourth-order valence-electron chi connectivity index (χ4n) is 3.43. The number of benzene rings is 2. The number of carbonyl (C=O) groups is 2. The summed E-state index contributed by atoms with van der Waals surface area (Å²) in [6.45, 7) is 4.69. The fraction of sp³-hybridized carbons (Fsp3) is 0.217. The molecule has 8 nitrogen and oxygen atoms in total. The van der Waals surface area contributed by atoms with E-state index in [9.17, 15) is 9.59 Å². The van der Waals surface area contributed by atoms with Crippen LogP contribution in [0.4, 0.5) is 5.69 Å². The summed E-state index contributed by atoms with van der Waals surface area (Å²) in [5, 5.41) is 13.2. The number of para-hydroxylation sites is 2. The van der Waals surface area contributed by atoms with E-state index < -0.39 is 5.97 Å². The summed E-state index contributed by atoms with van der Waals surface area (Å²) in [6.07, 6.45) is 1.92. The van der Waals surface area contributed by atoms with Gasteiger partial charge in [0, 0.05) is 29.2 Å². The van der Waals surface area contributed by atoms with Gasteiger partial charge in [0.25, 0.3) is 0 Å². The minimum absolute atomic E-state index is 0.128. The predicted molar refractivity (Wildman–Crippen MR) is 125 cm³/mol. The molecule has 164 valence electrons. The minimum Gasteiger partial charge on any atom is -0.462 e. The molecule has 0 spiro atoms. The van der Waals surface area contributed by atoms with Crippen LogP contribution in [0.3, 0.4) is 0 Å². The number of esters is 1. The molecule has 0 bridgehead atoms. The van der Waals surface area contributed by atoms with Crippen molar-refractivity contribution in [2.75, 3.05) is 17.7 Å². The molecular formula is C23H23N5O3S. The first-order valence-corrected chi connectivity index (χ1v) is 11.3. The van der Waals surface area contributed by atoms with Crippen LogP contribution < -0.4 is 5.32 Å². The monoisotopic (exact) mass is 449 g/mol. The Morgan fingerprint density at radius 3 is 2.69 bits per heavy atom. The summed E-state index contributed by atoms with van der Waals surface area (Å²) in [5.41, 5.74) is 2.75. The van der Waals surface area contributed by atoms with Crippen molar-refractivity contribution in [1.82, 2.24) is 19.7 Å². The van der Waals surface area contributed by atoms with Crippen LogP contribution in [0.15, 0.2) is 59.9 Å². The molecule has 0 saturated carbocycles. The Bertz CT molecular complexity index is 1260. The van der Waals surface area contributed by atoms with Crippen LogP contribution in [-0.2, 0) is 16.1 Å². The Morgan fingerprint density at radius 2 is 1.88 bits per heavy atom. The van der Waals surface area contributed by atoms with E-state index in [1.807, 2.05) is 42.0 Å². The number of carbonyl (C=O) groups excluding carboxylic acids is 2. The third-order valence-corrected chi connectivity index (χ3v) is 5.86. The molecule has 0 atom stereocenters. The van der Waals surface area contributed by atoms with Crippen LogP contribution in [0.25, 0.3) is 22.3 Å². The van der Waals surface area contributed by atoms with E-state index >= 15 is 0 Å². The molecule has 32 heavy (non-hydrogen) atoms. The van der Waals surface area contributed by atoms with Gasteiger partial charge in [-0.15, -0.1) is 10.2 Å². The second-order valence-corrected chi connectivity index (χ2v) is 7.84. The lowest BCUT2D eigenvalue weighted by molar-refractivity contribution is -0.113. The second-order valence-electron chi connectivity index (χ2n) is 6.90. The van der Waals surface area contributed by atoms with Crippen LogP contribution in [0.2, 0.25) is 0 Å². The van der Waals surface area contributed by atoms with Gasteiger partial charge in [0.1, 0.15) is 0 Å². The maximum atomic E-state index is 12.6. The number of rotatable bonds is 8. The molecule has 1 amide bonds. The number of nitrogens with zero attached hydrogens (tertiary/aromatic N) is 3. The SMILES string of the molecule is CCOC(=O)c1ccccc1NC(=O)CSc1nnc(-c2c[nH]c3ccccc23)n1CC. The highest BCUT2D eigenvalue weighted by molar-refractivity contribution is 7.99. The predicted octanol–water partition coefficient (Wildman–Crippen LogP) is 4.35. The smallest absolute Gasteiger partial charge is 0.340 e. The molecule has 2 heterocycles. The first-order chi connectivity index (χ1) is 15.6. The van der Waals surface area contributed by atoms with E-state index in [4.69, 9.17) is 4.74 Å². The number of ether oxygens (including phenoxy) is 1. The normalized spacial score (nSPS) is 10.9. The Balaban J connectivity index is 1.48. The van der Waals surface area contributed by atoms with Crippen molar-refractivity contribution in [2.24, 2.45) is 0 Å². The molecule has 0 aliphatic heterocycles. The maximum Gasteiger partial charge on any atom is 0.340 e. The zero-order valence-corrected chi connectivity index (χ0v) is 18.6. The molecule has 4 rings (SSSR count). The molecule has 0 unspecified atom stereocenters. The quantitative estimate of drug-likeness (QED) is 0.306. The van der Waals surface area contributed by atoms with Crippen LogP contribution >= 0.6 is 11.8 Å². The Labute approximate surface area is 189 Å². The van der Waals surface area contributed by atoms with Crippen LogP contribution in [0, 0.1) is 0 Å². The number of nitrogens with one attached hydrogen (secondary N) is 2. The summed E-state index contributed by atoms with van der Waals surface area (Å²) in [7, 11) is 0. The van der Waals surface area contributed by atoms with Crippen molar-refractivity contribution in [3.05, 3.63) is 60.3 Å². The molecule has 2 aromatic carbocycles. The first-order valence-electron chi connectivity index (χ1n) is 10.3. The van der Waals surface area contributed by atoms with E-state index in [1.54, 1.807) is 31.2 Å². The number of H-pyrrole nitrogens is 1. The van der Waals surface area contributed by atoms with Gasteiger partial charge in [-0.3, -0.25) is 4.79 Å². The highest BCUT2D eigenvalue weighted by Gasteiger charge is 2.18. The van der Waals surface area contributed by atoms with E-state index in [-0.39, 0.29) is 18.3 Å². The summed E-state index contributed by atoms with van der Waals surface area (Å²) >= 11 is 1.30. The second kappa shape index (κ2) is 9.69. The van der Waals surface area contributed by atoms with Gasteiger partial charge in [-0.1, -0.05) is 42.1 Å². The van der Waals surface area contributed by atoms with Gasteiger partial charge in [0.05, 0.1) is 23.6 Å². The Hall–Kier alpha value is -3.59. The van der Waals surface area contributed by atoms with E-state index in [2.05, 4.69) is 20.5 Å². The van der Waals surface area contributed by atoms with Crippen molar-refractivity contribution in [1.29, 1.82) is 0 Å². The lowest BCUT2D eigenvalue weighted by Crippen LogP contribution is -2.17. The van der Waals surface area contributed by atoms with Gasteiger partial charge in [-0.2, -0.15) is 0 Å². The molecule has 0 fully saturated rings. The molecule has 0 aliphatic carbocycles. The summed E-state index contributed by atoms with van der Waals surface area (Å²) < 4.78 is 7.05. The van der Waals surface area contributed by atoms with Gasteiger partial charge in [-0.05, 0) is 32.0 Å². The van der Waals surface area contributed by atoms with Crippen molar-refractivity contribution >= 4 is 40.2 Å². The highest BCUT2D eigenvalue weighted by Crippen LogP contribution is 2.30. The standard InChI is InChI=1S/C23H23N5O3S/c1-3-28-21(17-13-24-18-11-7-5-9-15(17)18)26-27-23(28)32-14-20(29)25-19-12-8-6-10-16(19)22(30)31-4-2/h5-13,24H,3-4,14H2,1-2H3,(H,25,29). The highest BCUT2D eigenvalue weighted by atomic mass is 32.2. The Morgan fingerprint density at radius 1 is 1.09 bits per heavy atom. The molecule has 0 radical (unpaired) electrons. The van der Waals surface area contributed by atoms with E-state index in [1.165, 1.54) is 11.8 Å². The van der Waals surface area contributed by atoms with Crippen molar-refractivity contribution in [2.45, 2.75) is 25.5 Å². The fourth-order valence-corrected chi connectivity index (χ4v) is 4.23. The topological polar surface area (TPSA) is 102 Å². The zero-order chi connectivity index (χ0) is 22.5. The molecule has 4 aromatic rings. The number of fused-ring (bicyclic) bond motifs is 1. The third kappa shape index (κ3) is 4.38. The molecule has 9 heteroatoms. The largest absolute Gasteiger partial charge is 0.462 e. The maximum absolute atomic E-state index is 12.6. The number of thioether (sulfide) groups is 1. The lowest BCUT2D eigenvalue weighted by atomic mass is 10.1. The van der Waals surface area contributed by atoms with Crippen LogP contribution in [0.1, 0.15) is 24.2 Å². The zero-order valence-electron chi connectivity index (χ0n) is 17.8. The Kier molecular flexibility index (Phi) is 6.55. The van der Waals surface area contributed by atoms with Crippen molar-refractivity contribution in [3.8, 4) is 11.4 Å². The first kappa shape index (κ1) is 21.6. The van der Waals surface area contributed by atoms with Gasteiger partial charge in [0.15, 0.2) is 11.0 Å². The summed E-state index contributed by atoms with van der Waals surface area (Å²) in [5.74, 6) is 0.167. The summed E-state index contributed by atoms with van der Waals surface area (Å²) in [4.78, 5) is 28.0. The molecule has 2 aromatic heterocycles.